The van der Waals surface area contributed by atoms with E-state index in [0.29, 0.717) is 11.5 Å². The molecular weight excluding hydrogens is 308 g/mol. The van der Waals surface area contributed by atoms with E-state index in [4.69, 9.17) is 11.6 Å². The molecule has 0 aliphatic rings. The second-order valence-corrected chi connectivity index (χ2v) is 5.05. The lowest BCUT2D eigenvalue weighted by atomic mass is 10.2. The van der Waals surface area contributed by atoms with E-state index in [0.717, 1.165) is 6.07 Å². The van der Waals surface area contributed by atoms with Gasteiger partial charge in [-0.05, 0) is 24.3 Å². The van der Waals surface area contributed by atoms with Crippen LogP contribution in [0.25, 0.3) is 0 Å². The summed E-state index contributed by atoms with van der Waals surface area (Å²) in [5.41, 5.74) is 0.341. The number of hydrogen-bond acceptors (Lipinski definition) is 5. The van der Waals surface area contributed by atoms with Crippen molar-refractivity contribution >= 4 is 34.7 Å². The molecule has 0 aliphatic carbocycles. The zero-order valence-electron chi connectivity index (χ0n) is 11.9. The van der Waals surface area contributed by atoms with Gasteiger partial charge >= 0.3 is 0 Å². The van der Waals surface area contributed by atoms with Gasteiger partial charge in [-0.2, -0.15) is 0 Å². The molecule has 2 rings (SSSR count). The SMILES string of the molecule is CN(C)c1ncccc1NC(=O)c1ccc(Cl)c([N+](=O)[O-])c1. The Labute approximate surface area is 131 Å². The third kappa shape index (κ3) is 3.32. The van der Waals surface area contributed by atoms with Crippen LogP contribution in [0.2, 0.25) is 5.02 Å². The van der Waals surface area contributed by atoms with Crippen LogP contribution in [0.1, 0.15) is 10.4 Å². The molecule has 0 unspecified atom stereocenters. The summed E-state index contributed by atoms with van der Waals surface area (Å²) in [5, 5.41) is 13.5. The van der Waals surface area contributed by atoms with Crippen LogP contribution in [-0.4, -0.2) is 29.9 Å². The molecule has 0 bridgehead atoms. The van der Waals surface area contributed by atoms with Gasteiger partial charge in [0.1, 0.15) is 5.02 Å². The Bertz CT molecular complexity index is 734. The highest BCUT2D eigenvalue weighted by atomic mass is 35.5. The lowest BCUT2D eigenvalue weighted by Crippen LogP contribution is -2.17. The number of anilines is 2. The first-order valence-corrected chi connectivity index (χ1v) is 6.65. The van der Waals surface area contributed by atoms with Gasteiger partial charge in [-0.3, -0.25) is 14.9 Å². The van der Waals surface area contributed by atoms with Gasteiger partial charge in [0.15, 0.2) is 5.82 Å². The second kappa shape index (κ2) is 6.40. The highest BCUT2D eigenvalue weighted by molar-refractivity contribution is 6.32. The van der Waals surface area contributed by atoms with E-state index in [-0.39, 0.29) is 16.3 Å². The molecule has 0 fully saturated rings. The number of nitrogens with zero attached hydrogens (tertiary/aromatic N) is 3. The lowest BCUT2D eigenvalue weighted by molar-refractivity contribution is -0.384. The van der Waals surface area contributed by atoms with E-state index in [2.05, 4.69) is 10.3 Å². The summed E-state index contributed by atoms with van der Waals surface area (Å²) in [7, 11) is 3.59. The molecule has 1 aromatic carbocycles. The van der Waals surface area contributed by atoms with Crippen molar-refractivity contribution in [2.75, 3.05) is 24.3 Å². The number of rotatable bonds is 4. The Morgan fingerprint density at radius 3 is 2.73 bits per heavy atom. The predicted molar refractivity (Wildman–Crippen MR) is 84.6 cm³/mol. The number of hydrogen-bond donors (Lipinski definition) is 1. The molecule has 0 radical (unpaired) electrons. The largest absolute Gasteiger partial charge is 0.361 e. The Kier molecular flexibility index (Phi) is 4.57. The number of nitro groups is 1. The van der Waals surface area contributed by atoms with Crippen LogP contribution in [0.5, 0.6) is 0 Å². The molecule has 1 heterocycles. The first-order valence-electron chi connectivity index (χ1n) is 6.28. The number of amides is 1. The molecule has 114 valence electrons. The molecule has 1 amide bonds. The van der Waals surface area contributed by atoms with Gasteiger partial charge in [0.05, 0.1) is 10.6 Å². The minimum Gasteiger partial charge on any atom is -0.361 e. The van der Waals surface area contributed by atoms with Crippen molar-refractivity contribution in [1.29, 1.82) is 0 Å². The Morgan fingerprint density at radius 2 is 2.09 bits per heavy atom. The molecule has 0 saturated carbocycles. The lowest BCUT2D eigenvalue weighted by Gasteiger charge is -2.16. The van der Waals surface area contributed by atoms with Gasteiger partial charge in [-0.1, -0.05) is 11.6 Å². The van der Waals surface area contributed by atoms with Crippen molar-refractivity contribution in [3.63, 3.8) is 0 Å². The van der Waals surface area contributed by atoms with Crippen LogP contribution >= 0.6 is 11.6 Å². The summed E-state index contributed by atoms with van der Waals surface area (Å²) in [4.78, 5) is 28.4. The van der Waals surface area contributed by atoms with E-state index < -0.39 is 10.8 Å². The summed E-state index contributed by atoms with van der Waals surface area (Å²) in [6, 6.07) is 7.28. The van der Waals surface area contributed by atoms with Crippen LogP contribution in [0.3, 0.4) is 0 Å². The normalized spacial score (nSPS) is 10.1. The fourth-order valence-corrected chi connectivity index (χ4v) is 2.03. The molecule has 1 aromatic heterocycles. The number of nitrogens with one attached hydrogen (secondary N) is 1. The zero-order valence-corrected chi connectivity index (χ0v) is 12.7. The van der Waals surface area contributed by atoms with Crippen molar-refractivity contribution in [1.82, 2.24) is 4.98 Å². The maximum Gasteiger partial charge on any atom is 0.288 e. The second-order valence-electron chi connectivity index (χ2n) is 4.65. The van der Waals surface area contributed by atoms with Crippen LogP contribution in [0, 0.1) is 10.1 Å². The molecule has 7 nitrogen and oxygen atoms in total. The maximum absolute atomic E-state index is 12.3. The fourth-order valence-electron chi connectivity index (χ4n) is 1.84. The highest BCUT2D eigenvalue weighted by Crippen LogP contribution is 2.26. The number of benzene rings is 1. The molecule has 8 heteroatoms. The number of carbonyl (C=O) groups is 1. The van der Waals surface area contributed by atoms with Crippen molar-refractivity contribution in [2.45, 2.75) is 0 Å². The quantitative estimate of drug-likeness (QED) is 0.691. The van der Waals surface area contributed by atoms with E-state index in [9.17, 15) is 14.9 Å². The van der Waals surface area contributed by atoms with Gasteiger partial charge in [-0.25, -0.2) is 4.98 Å². The number of nitro benzene ring substituents is 1. The van der Waals surface area contributed by atoms with Crippen molar-refractivity contribution < 1.29 is 9.72 Å². The van der Waals surface area contributed by atoms with Crippen molar-refractivity contribution in [3.8, 4) is 0 Å². The zero-order chi connectivity index (χ0) is 16.3. The molecule has 1 N–H and O–H groups in total. The van der Waals surface area contributed by atoms with Gasteiger partial charge in [0.2, 0.25) is 0 Å². The maximum atomic E-state index is 12.3. The average molecular weight is 321 g/mol. The minimum atomic E-state index is -0.631. The first-order chi connectivity index (χ1) is 10.4. The first kappa shape index (κ1) is 15.7. The van der Waals surface area contributed by atoms with Gasteiger partial charge < -0.3 is 10.2 Å². The summed E-state index contributed by atoms with van der Waals surface area (Å²) >= 11 is 5.73. The Morgan fingerprint density at radius 1 is 1.36 bits per heavy atom. The number of aromatic nitrogens is 1. The Hall–Kier alpha value is -2.67. The third-order valence-electron chi connectivity index (χ3n) is 2.86. The highest BCUT2D eigenvalue weighted by Gasteiger charge is 2.17. The molecule has 0 saturated heterocycles. The molecular formula is C14H13ClN4O3. The Balaban J connectivity index is 2.31. The number of pyridine rings is 1. The van der Waals surface area contributed by atoms with E-state index in [1.165, 1.54) is 12.1 Å². The van der Waals surface area contributed by atoms with E-state index >= 15 is 0 Å². The van der Waals surface area contributed by atoms with Crippen molar-refractivity contribution in [2.24, 2.45) is 0 Å². The summed E-state index contributed by atoms with van der Waals surface area (Å²) in [5.74, 6) is 0.107. The topological polar surface area (TPSA) is 88.4 Å². The smallest absolute Gasteiger partial charge is 0.288 e. The summed E-state index contributed by atoms with van der Waals surface area (Å²) < 4.78 is 0. The fraction of sp³-hybridized carbons (Fsp3) is 0.143. The average Bonchev–Trinajstić information content (AvgIpc) is 2.47. The van der Waals surface area contributed by atoms with Gasteiger partial charge in [0.25, 0.3) is 11.6 Å². The monoisotopic (exact) mass is 320 g/mol. The van der Waals surface area contributed by atoms with Crippen LogP contribution in [0.15, 0.2) is 36.5 Å². The molecule has 22 heavy (non-hydrogen) atoms. The molecule has 2 aromatic rings. The molecule has 0 spiro atoms. The van der Waals surface area contributed by atoms with Crippen LogP contribution < -0.4 is 10.2 Å². The number of halogens is 1. The van der Waals surface area contributed by atoms with Gasteiger partial charge in [0, 0.05) is 31.9 Å². The minimum absolute atomic E-state index is 0.0168. The van der Waals surface area contributed by atoms with Crippen molar-refractivity contribution in [3.05, 3.63) is 57.2 Å². The van der Waals surface area contributed by atoms with Crippen LogP contribution in [0.4, 0.5) is 17.2 Å². The summed E-state index contributed by atoms with van der Waals surface area (Å²) in [6.45, 7) is 0. The number of carbonyl (C=O) groups excluding carboxylic acids is 1. The van der Waals surface area contributed by atoms with Gasteiger partial charge in [-0.15, -0.1) is 0 Å². The third-order valence-corrected chi connectivity index (χ3v) is 3.18. The van der Waals surface area contributed by atoms with E-state index in [1.54, 1.807) is 37.3 Å². The summed E-state index contributed by atoms with van der Waals surface area (Å²) in [6.07, 6.45) is 1.61. The molecule has 0 aliphatic heterocycles. The van der Waals surface area contributed by atoms with E-state index in [1.807, 2.05) is 0 Å². The van der Waals surface area contributed by atoms with Crippen LogP contribution in [-0.2, 0) is 0 Å². The standard InChI is InChI=1S/C14H13ClN4O3/c1-18(2)13-11(4-3-7-16-13)17-14(20)9-5-6-10(15)12(8-9)19(21)22/h3-8H,1-2H3,(H,17,20). The molecule has 0 atom stereocenters. The predicted octanol–water partition coefficient (Wildman–Crippen LogP) is 2.96.